The summed E-state index contributed by atoms with van der Waals surface area (Å²) in [5, 5.41) is 0.544. The summed E-state index contributed by atoms with van der Waals surface area (Å²) in [6.45, 7) is 4.10. The number of esters is 1. The number of aryl methyl sites for hydroxylation is 2. The van der Waals surface area contributed by atoms with Gasteiger partial charge in [0.2, 0.25) is 0 Å². The second-order valence-electron chi connectivity index (χ2n) is 6.02. The van der Waals surface area contributed by atoms with Crippen LogP contribution in [0.25, 0.3) is 21.3 Å². The zero-order valence-corrected chi connectivity index (χ0v) is 15.7. The van der Waals surface area contributed by atoms with Crippen LogP contribution in [-0.4, -0.2) is 22.6 Å². The van der Waals surface area contributed by atoms with Crippen LogP contribution in [0.15, 0.2) is 29.1 Å². The minimum atomic E-state index is -0.319. The predicted octanol–water partition coefficient (Wildman–Crippen LogP) is 3.83. The largest absolute Gasteiger partial charge is 0.469 e. The molecule has 0 N–H and O–H groups in total. The van der Waals surface area contributed by atoms with E-state index in [4.69, 9.17) is 0 Å². The highest BCUT2D eigenvalue weighted by atomic mass is 32.1. The molecule has 0 bridgehead atoms. The number of carbonyl (C=O) groups is 1. The molecule has 0 atom stereocenters. The van der Waals surface area contributed by atoms with Crippen molar-refractivity contribution >= 4 is 27.5 Å². The van der Waals surface area contributed by atoms with Gasteiger partial charge in [-0.2, -0.15) is 0 Å². The molecule has 5 nitrogen and oxygen atoms in total. The highest BCUT2D eigenvalue weighted by Gasteiger charge is 2.18. The van der Waals surface area contributed by atoms with Crippen LogP contribution in [0.3, 0.4) is 0 Å². The molecule has 0 fully saturated rings. The Bertz CT molecular complexity index is 1020. The van der Waals surface area contributed by atoms with Crippen LogP contribution in [0.4, 0.5) is 4.39 Å². The van der Waals surface area contributed by atoms with Crippen LogP contribution < -0.4 is 5.56 Å². The third-order valence-corrected chi connectivity index (χ3v) is 5.30. The van der Waals surface area contributed by atoms with Gasteiger partial charge in [0, 0.05) is 23.4 Å². The van der Waals surface area contributed by atoms with Gasteiger partial charge in [0.15, 0.2) is 0 Å². The number of fused-ring (bicyclic) bond motifs is 1. The minimum absolute atomic E-state index is 0.138. The van der Waals surface area contributed by atoms with Crippen molar-refractivity contribution in [1.29, 1.82) is 0 Å². The van der Waals surface area contributed by atoms with Gasteiger partial charge in [-0.25, -0.2) is 9.37 Å². The Morgan fingerprint density at radius 2 is 1.96 bits per heavy atom. The van der Waals surface area contributed by atoms with Gasteiger partial charge in [0.1, 0.15) is 16.5 Å². The Morgan fingerprint density at radius 1 is 1.27 bits per heavy atom. The summed E-state index contributed by atoms with van der Waals surface area (Å²) in [6, 6.07) is 6.11. The Labute approximate surface area is 154 Å². The van der Waals surface area contributed by atoms with Gasteiger partial charge in [-0.3, -0.25) is 14.2 Å². The van der Waals surface area contributed by atoms with Crippen LogP contribution in [0.2, 0.25) is 0 Å². The Balaban J connectivity index is 2.09. The van der Waals surface area contributed by atoms with Crippen molar-refractivity contribution in [1.82, 2.24) is 9.55 Å². The van der Waals surface area contributed by atoms with E-state index in [1.807, 2.05) is 6.92 Å². The summed E-state index contributed by atoms with van der Waals surface area (Å²) in [6.07, 6.45) is 0.740. The molecule has 3 aromatic rings. The second-order valence-corrected chi connectivity index (χ2v) is 7.22. The molecule has 2 aromatic heterocycles. The van der Waals surface area contributed by atoms with Crippen LogP contribution in [0.5, 0.6) is 0 Å². The lowest BCUT2D eigenvalue weighted by Gasteiger charge is -2.10. The normalized spacial score (nSPS) is 11.1. The average Bonchev–Trinajstić information content (AvgIpc) is 2.94. The lowest BCUT2D eigenvalue weighted by atomic mass is 10.0. The molecule has 7 heteroatoms. The molecule has 0 spiro atoms. The Kier molecular flexibility index (Phi) is 5.18. The molecule has 0 aliphatic carbocycles. The number of nitrogens with zero attached hydrogens (tertiary/aromatic N) is 2. The average molecular weight is 374 g/mol. The first kappa shape index (κ1) is 18.3. The number of halogens is 1. The molecule has 0 aliphatic rings. The van der Waals surface area contributed by atoms with E-state index >= 15 is 0 Å². The Morgan fingerprint density at radius 3 is 2.62 bits per heavy atom. The first-order valence-electron chi connectivity index (χ1n) is 8.25. The lowest BCUT2D eigenvalue weighted by Crippen LogP contribution is -2.24. The highest BCUT2D eigenvalue weighted by Crippen LogP contribution is 2.35. The van der Waals surface area contributed by atoms with Crippen molar-refractivity contribution in [3.05, 3.63) is 51.1 Å². The fourth-order valence-corrected chi connectivity index (χ4v) is 4.09. The highest BCUT2D eigenvalue weighted by molar-refractivity contribution is 7.19. The number of rotatable bonds is 5. The van der Waals surface area contributed by atoms with Crippen molar-refractivity contribution in [2.45, 2.75) is 33.2 Å². The topological polar surface area (TPSA) is 61.2 Å². The predicted molar refractivity (Wildman–Crippen MR) is 100.0 cm³/mol. The van der Waals surface area contributed by atoms with E-state index in [0.717, 1.165) is 16.0 Å². The van der Waals surface area contributed by atoms with E-state index in [0.29, 0.717) is 29.0 Å². The maximum absolute atomic E-state index is 13.3. The molecule has 26 heavy (non-hydrogen) atoms. The zero-order chi connectivity index (χ0) is 18.8. The fourth-order valence-electron chi connectivity index (χ4n) is 3.01. The quantitative estimate of drug-likeness (QED) is 0.637. The second kappa shape index (κ2) is 7.37. The number of methoxy groups -OCH3 is 1. The molecular formula is C19H19FN2O3S. The summed E-state index contributed by atoms with van der Waals surface area (Å²) in [5.41, 5.74) is 1.45. The summed E-state index contributed by atoms with van der Waals surface area (Å²) >= 11 is 1.45. The standard InChI is InChI=1S/C19H19FN2O3S/c1-11-16(13-6-8-14(20)9-7-13)17-18(26-11)21-12(2)22(19(17)24)10-4-5-15(23)25-3/h6-9H,4-5,10H2,1-3H3. The van der Waals surface area contributed by atoms with Crippen LogP contribution in [-0.2, 0) is 16.1 Å². The van der Waals surface area contributed by atoms with E-state index in [1.54, 1.807) is 23.6 Å². The first-order chi connectivity index (χ1) is 12.4. The number of hydrogen-bond acceptors (Lipinski definition) is 5. The minimum Gasteiger partial charge on any atom is -0.469 e. The molecule has 0 saturated heterocycles. The van der Waals surface area contributed by atoms with E-state index in [2.05, 4.69) is 9.72 Å². The van der Waals surface area contributed by atoms with Crippen molar-refractivity contribution in [3.63, 3.8) is 0 Å². The fraction of sp³-hybridized carbons (Fsp3) is 0.316. The molecule has 0 unspecified atom stereocenters. The van der Waals surface area contributed by atoms with Gasteiger partial charge < -0.3 is 4.74 Å². The number of benzene rings is 1. The van der Waals surface area contributed by atoms with Crippen LogP contribution >= 0.6 is 11.3 Å². The Hall–Kier alpha value is -2.54. The van der Waals surface area contributed by atoms with E-state index in [-0.39, 0.29) is 23.8 Å². The van der Waals surface area contributed by atoms with Crippen LogP contribution in [0.1, 0.15) is 23.5 Å². The SMILES string of the molecule is COC(=O)CCCn1c(C)nc2sc(C)c(-c3ccc(F)cc3)c2c1=O. The third kappa shape index (κ3) is 3.39. The maximum atomic E-state index is 13.3. The zero-order valence-electron chi connectivity index (χ0n) is 14.8. The molecule has 1 aromatic carbocycles. The lowest BCUT2D eigenvalue weighted by molar-refractivity contribution is -0.140. The molecule has 0 saturated carbocycles. The van der Waals surface area contributed by atoms with E-state index in [9.17, 15) is 14.0 Å². The number of aromatic nitrogens is 2. The van der Waals surface area contributed by atoms with Gasteiger partial charge in [0.25, 0.3) is 5.56 Å². The number of thiophene rings is 1. The molecular weight excluding hydrogens is 355 g/mol. The number of hydrogen-bond donors (Lipinski definition) is 0. The van der Waals surface area contributed by atoms with Gasteiger partial charge in [0.05, 0.1) is 12.5 Å². The van der Waals surface area contributed by atoms with Crippen LogP contribution in [0, 0.1) is 19.7 Å². The van der Waals surface area contributed by atoms with Gasteiger partial charge in [-0.15, -0.1) is 11.3 Å². The third-order valence-electron chi connectivity index (χ3n) is 4.30. The summed E-state index contributed by atoms with van der Waals surface area (Å²) in [7, 11) is 1.34. The summed E-state index contributed by atoms with van der Waals surface area (Å²) in [4.78, 5) is 30.6. The van der Waals surface area contributed by atoms with Gasteiger partial charge >= 0.3 is 5.97 Å². The van der Waals surface area contributed by atoms with E-state index in [1.165, 1.54) is 30.6 Å². The molecule has 0 radical (unpaired) electrons. The van der Waals surface area contributed by atoms with Crippen molar-refractivity contribution < 1.29 is 13.9 Å². The summed E-state index contributed by atoms with van der Waals surface area (Å²) < 4.78 is 19.5. The molecule has 0 amide bonds. The maximum Gasteiger partial charge on any atom is 0.305 e. The van der Waals surface area contributed by atoms with Crippen molar-refractivity contribution in [3.8, 4) is 11.1 Å². The van der Waals surface area contributed by atoms with E-state index < -0.39 is 0 Å². The van der Waals surface area contributed by atoms with Gasteiger partial charge in [-0.1, -0.05) is 12.1 Å². The molecule has 0 aliphatic heterocycles. The number of carbonyl (C=O) groups excluding carboxylic acids is 1. The summed E-state index contributed by atoms with van der Waals surface area (Å²) in [5.74, 6) is -0.0116. The molecule has 3 rings (SSSR count). The van der Waals surface area contributed by atoms with Gasteiger partial charge in [-0.05, 0) is 38.0 Å². The monoisotopic (exact) mass is 374 g/mol. The smallest absolute Gasteiger partial charge is 0.305 e. The first-order valence-corrected chi connectivity index (χ1v) is 9.07. The molecule has 136 valence electrons. The number of ether oxygens (including phenoxy) is 1. The van der Waals surface area contributed by atoms with Crippen molar-refractivity contribution in [2.75, 3.05) is 7.11 Å². The van der Waals surface area contributed by atoms with Crippen molar-refractivity contribution in [2.24, 2.45) is 0 Å². The molecule has 2 heterocycles.